The van der Waals surface area contributed by atoms with Crippen molar-refractivity contribution in [2.75, 3.05) is 0 Å². The van der Waals surface area contributed by atoms with Gasteiger partial charge in [0.1, 0.15) is 0 Å². The fraction of sp³-hybridized carbons (Fsp3) is 0.600. The standard InChI is InChI=1S/C15H23N/c1-11-8-9-14(10-11)16-13(3)15-7-5-4-6-12(15)2/h4-7,11,13-14,16H,8-10H2,1-3H3/t11?,13-,14?/m1/s1. The summed E-state index contributed by atoms with van der Waals surface area (Å²) in [6.07, 6.45) is 4.08. The fourth-order valence-corrected chi connectivity index (χ4v) is 2.87. The van der Waals surface area contributed by atoms with Gasteiger partial charge in [-0.1, -0.05) is 31.2 Å². The highest BCUT2D eigenvalue weighted by molar-refractivity contribution is 5.28. The van der Waals surface area contributed by atoms with E-state index in [9.17, 15) is 0 Å². The van der Waals surface area contributed by atoms with Gasteiger partial charge in [-0.2, -0.15) is 0 Å². The van der Waals surface area contributed by atoms with Crippen LogP contribution in [0.25, 0.3) is 0 Å². The van der Waals surface area contributed by atoms with Crippen molar-refractivity contribution in [1.29, 1.82) is 0 Å². The van der Waals surface area contributed by atoms with Gasteiger partial charge in [-0.15, -0.1) is 0 Å². The first-order valence-corrected chi connectivity index (χ1v) is 6.48. The molecular weight excluding hydrogens is 194 g/mol. The summed E-state index contributed by atoms with van der Waals surface area (Å²) in [6, 6.07) is 9.90. The molecular formula is C15H23N. The summed E-state index contributed by atoms with van der Waals surface area (Å²) in [7, 11) is 0. The second-order valence-electron chi connectivity index (χ2n) is 5.36. The largest absolute Gasteiger partial charge is 0.307 e. The summed E-state index contributed by atoms with van der Waals surface area (Å²) in [4.78, 5) is 0. The molecule has 16 heavy (non-hydrogen) atoms. The van der Waals surface area contributed by atoms with E-state index in [2.05, 4.69) is 50.4 Å². The lowest BCUT2D eigenvalue weighted by Crippen LogP contribution is -2.29. The smallest absolute Gasteiger partial charge is 0.0296 e. The van der Waals surface area contributed by atoms with E-state index in [1.54, 1.807) is 0 Å². The maximum absolute atomic E-state index is 3.77. The molecule has 1 heteroatoms. The van der Waals surface area contributed by atoms with Crippen molar-refractivity contribution in [2.45, 2.75) is 52.1 Å². The van der Waals surface area contributed by atoms with Crippen LogP contribution in [0.5, 0.6) is 0 Å². The minimum atomic E-state index is 0.483. The molecule has 1 aromatic carbocycles. The van der Waals surface area contributed by atoms with Crippen molar-refractivity contribution < 1.29 is 0 Å². The molecule has 0 heterocycles. The monoisotopic (exact) mass is 217 g/mol. The van der Waals surface area contributed by atoms with Gasteiger partial charge < -0.3 is 5.32 Å². The van der Waals surface area contributed by atoms with Gasteiger partial charge in [0.05, 0.1) is 0 Å². The number of hydrogen-bond acceptors (Lipinski definition) is 1. The molecule has 0 saturated heterocycles. The van der Waals surface area contributed by atoms with Crippen LogP contribution in [0.15, 0.2) is 24.3 Å². The van der Waals surface area contributed by atoms with E-state index in [0.717, 1.165) is 12.0 Å². The van der Waals surface area contributed by atoms with Crippen LogP contribution in [0, 0.1) is 12.8 Å². The normalized spacial score (nSPS) is 26.9. The zero-order chi connectivity index (χ0) is 11.5. The lowest BCUT2D eigenvalue weighted by molar-refractivity contribution is 0.448. The van der Waals surface area contributed by atoms with Crippen LogP contribution in [-0.2, 0) is 0 Å². The molecule has 0 radical (unpaired) electrons. The second kappa shape index (κ2) is 5.01. The highest BCUT2D eigenvalue weighted by Gasteiger charge is 2.22. The van der Waals surface area contributed by atoms with Crippen molar-refractivity contribution in [1.82, 2.24) is 5.32 Å². The summed E-state index contributed by atoms with van der Waals surface area (Å²) in [5.41, 5.74) is 2.84. The average molecular weight is 217 g/mol. The molecule has 2 rings (SSSR count). The van der Waals surface area contributed by atoms with Crippen LogP contribution in [0.2, 0.25) is 0 Å². The third kappa shape index (κ3) is 2.65. The summed E-state index contributed by atoms with van der Waals surface area (Å²) < 4.78 is 0. The first-order valence-electron chi connectivity index (χ1n) is 6.48. The zero-order valence-corrected chi connectivity index (χ0v) is 10.7. The lowest BCUT2D eigenvalue weighted by Gasteiger charge is -2.21. The Morgan fingerprint density at radius 2 is 2.00 bits per heavy atom. The molecule has 88 valence electrons. The molecule has 1 aromatic rings. The molecule has 1 saturated carbocycles. The van der Waals surface area contributed by atoms with E-state index in [0.29, 0.717) is 6.04 Å². The molecule has 0 spiro atoms. The number of benzene rings is 1. The number of aryl methyl sites for hydroxylation is 1. The third-order valence-corrected chi connectivity index (χ3v) is 3.84. The first kappa shape index (κ1) is 11.7. The Bertz CT molecular complexity index is 345. The van der Waals surface area contributed by atoms with Gasteiger partial charge in [-0.3, -0.25) is 0 Å². The molecule has 1 aliphatic carbocycles. The molecule has 0 amide bonds. The molecule has 0 aliphatic heterocycles. The molecule has 1 fully saturated rings. The minimum Gasteiger partial charge on any atom is -0.307 e. The average Bonchev–Trinajstić information content (AvgIpc) is 2.64. The predicted octanol–water partition coefficient (Wildman–Crippen LogP) is 3.83. The van der Waals surface area contributed by atoms with Crippen molar-refractivity contribution >= 4 is 0 Å². The Morgan fingerprint density at radius 1 is 1.25 bits per heavy atom. The van der Waals surface area contributed by atoms with E-state index in [-0.39, 0.29) is 0 Å². The molecule has 2 unspecified atom stereocenters. The van der Waals surface area contributed by atoms with Gasteiger partial charge in [0.15, 0.2) is 0 Å². The Labute approximate surface area is 99.3 Å². The minimum absolute atomic E-state index is 0.483. The van der Waals surface area contributed by atoms with Crippen molar-refractivity contribution in [2.24, 2.45) is 5.92 Å². The molecule has 1 nitrogen and oxygen atoms in total. The van der Waals surface area contributed by atoms with Crippen molar-refractivity contribution in [3.63, 3.8) is 0 Å². The lowest BCUT2D eigenvalue weighted by atomic mass is 10.0. The fourth-order valence-electron chi connectivity index (χ4n) is 2.87. The first-order chi connectivity index (χ1) is 7.66. The van der Waals surface area contributed by atoms with Gasteiger partial charge in [-0.25, -0.2) is 0 Å². The SMILES string of the molecule is Cc1ccccc1[C@@H](C)NC1CCC(C)C1. The van der Waals surface area contributed by atoms with Crippen LogP contribution in [-0.4, -0.2) is 6.04 Å². The van der Waals surface area contributed by atoms with E-state index < -0.39 is 0 Å². The maximum atomic E-state index is 3.77. The molecule has 0 bridgehead atoms. The van der Waals surface area contributed by atoms with E-state index >= 15 is 0 Å². The van der Waals surface area contributed by atoms with Crippen LogP contribution in [0.1, 0.15) is 50.3 Å². The molecule has 3 atom stereocenters. The van der Waals surface area contributed by atoms with E-state index in [4.69, 9.17) is 0 Å². The van der Waals surface area contributed by atoms with Gasteiger partial charge in [0.2, 0.25) is 0 Å². The van der Waals surface area contributed by atoms with Gasteiger partial charge >= 0.3 is 0 Å². The molecule has 1 aliphatic rings. The summed E-state index contributed by atoms with van der Waals surface area (Å²) in [5, 5.41) is 3.77. The van der Waals surface area contributed by atoms with Gasteiger partial charge in [0.25, 0.3) is 0 Å². The van der Waals surface area contributed by atoms with E-state index in [1.165, 1.54) is 30.4 Å². The summed E-state index contributed by atoms with van der Waals surface area (Å²) in [5.74, 6) is 0.904. The molecule has 0 aromatic heterocycles. The topological polar surface area (TPSA) is 12.0 Å². The van der Waals surface area contributed by atoms with Crippen molar-refractivity contribution in [3.8, 4) is 0 Å². The predicted molar refractivity (Wildman–Crippen MR) is 69.5 cm³/mol. The highest BCUT2D eigenvalue weighted by atomic mass is 14.9. The van der Waals surface area contributed by atoms with Crippen molar-refractivity contribution in [3.05, 3.63) is 35.4 Å². The highest BCUT2D eigenvalue weighted by Crippen LogP contribution is 2.27. The number of rotatable bonds is 3. The van der Waals surface area contributed by atoms with Gasteiger partial charge in [-0.05, 0) is 50.2 Å². The Kier molecular flexibility index (Phi) is 3.65. The zero-order valence-electron chi connectivity index (χ0n) is 10.7. The summed E-state index contributed by atoms with van der Waals surface area (Å²) in [6.45, 7) is 6.84. The third-order valence-electron chi connectivity index (χ3n) is 3.84. The maximum Gasteiger partial charge on any atom is 0.0296 e. The van der Waals surface area contributed by atoms with E-state index in [1.807, 2.05) is 0 Å². The van der Waals surface area contributed by atoms with Crippen LogP contribution in [0.3, 0.4) is 0 Å². The van der Waals surface area contributed by atoms with Gasteiger partial charge in [0, 0.05) is 12.1 Å². The Morgan fingerprint density at radius 3 is 2.62 bits per heavy atom. The quantitative estimate of drug-likeness (QED) is 0.811. The Hall–Kier alpha value is -0.820. The van der Waals surface area contributed by atoms with Crippen LogP contribution in [0.4, 0.5) is 0 Å². The Balaban J connectivity index is 1.98. The molecule has 1 N–H and O–H groups in total. The van der Waals surface area contributed by atoms with Crippen LogP contribution < -0.4 is 5.32 Å². The number of nitrogens with one attached hydrogen (secondary N) is 1. The number of hydrogen-bond donors (Lipinski definition) is 1. The summed E-state index contributed by atoms with van der Waals surface area (Å²) >= 11 is 0. The van der Waals surface area contributed by atoms with Crippen LogP contribution >= 0.6 is 0 Å². The second-order valence-corrected chi connectivity index (χ2v) is 5.36.